The van der Waals surface area contributed by atoms with Crippen LogP contribution in [0.25, 0.3) is 6.08 Å². The fourth-order valence-corrected chi connectivity index (χ4v) is 16.0. The maximum atomic E-state index is 2.64. The second kappa shape index (κ2) is 9.30. The molecule has 0 heterocycles. The van der Waals surface area contributed by atoms with Gasteiger partial charge in [-0.1, -0.05) is 13.8 Å². The van der Waals surface area contributed by atoms with Crippen molar-refractivity contribution in [2.45, 2.75) is 28.5 Å². The summed E-state index contributed by atoms with van der Waals surface area (Å²) in [6.45, 7) is 4.00. The minimum absolute atomic E-state index is 0. The maximum absolute atomic E-state index is 2.64. The summed E-state index contributed by atoms with van der Waals surface area (Å²) in [6, 6.07) is 8.96. The van der Waals surface area contributed by atoms with Crippen molar-refractivity contribution in [3.05, 3.63) is 63.0 Å². The molecule has 0 spiro atoms. The molecule has 0 aromatic heterocycles. The standard InChI is InChI=1S/C9H7.C5H5.C2H6.CH3.2ClH.H3Si.Zr/c1-2-5-9-7-3-6-8(9)4-1;1-2-4-5-3-1;1-2;;;;;/h1-7H;1-3H,4H2;1-2H3;1H3;2*1H;1H3;. The Balaban J connectivity index is 0.000000961. The van der Waals surface area contributed by atoms with E-state index in [9.17, 15) is 0 Å². The Bertz CT molecular complexity index is 547. The van der Waals surface area contributed by atoms with Crippen LogP contribution < -0.4 is 0 Å². The third-order valence-electron chi connectivity index (χ3n) is 4.18. The molecule has 4 heteroatoms. The van der Waals surface area contributed by atoms with Crippen molar-refractivity contribution in [1.82, 2.24) is 0 Å². The summed E-state index contributed by atoms with van der Waals surface area (Å²) in [5.74, 6) is 0. The van der Waals surface area contributed by atoms with Crippen molar-refractivity contribution in [3.8, 4) is 0 Å². The van der Waals surface area contributed by atoms with E-state index in [0.717, 1.165) is 3.63 Å². The van der Waals surface area contributed by atoms with Crippen LogP contribution >= 0.6 is 24.8 Å². The summed E-state index contributed by atoms with van der Waals surface area (Å²) in [5.41, 5.74) is 3.07. The predicted octanol–water partition coefficient (Wildman–Crippen LogP) is 4.95. The van der Waals surface area contributed by atoms with E-state index in [1.165, 1.54) is 19.4 Å². The third kappa shape index (κ3) is 4.32. The van der Waals surface area contributed by atoms with Crippen molar-refractivity contribution in [3.63, 3.8) is 0 Å². The molecule has 1 aromatic rings. The van der Waals surface area contributed by atoms with Crippen molar-refractivity contribution in [1.29, 1.82) is 0 Å². The van der Waals surface area contributed by atoms with Gasteiger partial charge in [-0.3, -0.25) is 0 Å². The van der Waals surface area contributed by atoms with Crippen LogP contribution in [0.5, 0.6) is 0 Å². The molecule has 0 aliphatic heterocycles. The fraction of sp³-hybridized carbons (Fsp3) is 0.294. The van der Waals surface area contributed by atoms with Crippen LogP contribution in [0.2, 0.25) is 4.63 Å². The summed E-state index contributed by atoms with van der Waals surface area (Å²) >= 11 is -2.05. The molecule has 116 valence electrons. The third-order valence-corrected chi connectivity index (χ3v) is 21.7. The predicted molar refractivity (Wildman–Crippen MR) is 102 cm³/mol. The van der Waals surface area contributed by atoms with Crippen molar-refractivity contribution < 1.29 is 19.4 Å². The Morgan fingerprint density at radius 1 is 1.14 bits per heavy atom. The molecule has 1 aromatic carbocycles. The zero-order chi connectivity index (χ0) is 13.9. The van der Waals surface area contributed by atoms with Gasteiger partial charge < -0.3 is 0 Å². The molecule has 2 atom stereocenters. The Hall–Kier alpha value is 0.120. The molecule has 21 heavy (non-hydrogen) atoms. The monoisotopic (exact) mass is 418 g/mol. The van der Waals surface area contributed by atoms with E-state index in [1.807, 2.05) is 17.1 Å². The van der Waals surface area contributed by atoms with Crippen molar-refractivity contribution in [2.24, 2.45) is 0 Å². The molecule has 2 aliphatic carbocycles. The molecule has 3 rings (SSSR count). The quantitative estimate of drug-likeness (QED) is 0.594. The molecule has 0 radical (unpaired) electrons. The minimum atomic E-state index is -2.05. The van der Waals surface area contributed by atoms with Crippen LogP contribution in [0.15, 0.2) is 51.9 Å². The molecule has 2 unspecified atom stereocenters. The number of allylic oxidation sites excluding steroid dienone is 5. The van der Waals surface area contributed by atoms with Crippen LogP contribution in [-0.2, 0) is 19.4 Å². The van der Waals surface area contributed by atoms with Gasteiger partial charge in [0.15, 0.2) is 0 Å². The number of halogens is 2. The van der Waals surface area contributed by atoms with Gasteiger partial charge >= 0.3 is 111 Å². The summed E-state index contributed by atoms with van der Waals surface area (Å²) in [6.07, 6.45) is 13.1. The molecule has 0 amide bonds. The summed E-state index contributed by atoms with van der Waals surface area (Å²) in [7, 11) is 1.40. The average Bonchev–Trinajstić information content (AvgIpc) is 3.11. The van der Waals surface area contributed by atoms with Gasteiger partial charge in [-0.2, -0.15) is 0 Å². The first kappa shape index (κ1) is 21.1. The summed E-state index contributed by atoms with van der Waals surface area (Å²) in [5, 5.41) is 0. The number of fused-ring (bicyclic) bond motifs is 1. The van der Waals surface area contributed by atoms with Gasteiger partial charge in [-0.25, -0.2) is 0 Å². The van der Waals surface area contributed by atoms with Crippen molar-refractivity contribution >= 4 is 38.3 Å². The number of hydrogen-bond acceptors (Lipinski definition) is 0. The average molecular weight is 421 g/mol. The van der Waals surface area contributed by atoms with Crippen molar-refractivity contribution in [2.75, 3.05) is 0 Å². The Morgan fingerprint density at radius 2 is 1.81 bits per heavy atom. The Kier molecular flexibility index (Phi) is 9.36. The zero-order valence-electron chi connectivity index (χ0n) is 13.3. The molecule has 0 bridgehead atoms. The first-order chi connectivity index (χ1) is 9.19. The molecule has 0 nitrogen and oxygen atoms in total. The number of benzene rings is 1. The van der Waals surface area contributed by atoms with E-state index in [0.29, 0.717) is 0 Å². The topological polar surface area (TPSA) is 0 Å². The molecule has 2 aliphatic rings. The molecule has 0 fully saturated rings. The SMILES string of the molecule is CC.Cl.Cl.[CH3][Zr]([SiH3])([C]1=CC=CC1)[CH]1C=Cc2ccccc21. The fourth-order valence-electron chi connectivity index (χ4n) is 3.00. The Labute approximate surface area is 148 Å². The molecule has 0 N–H and O–H groups in total. The first-order valence-corrected chi connectivity index (χ1v) is 20.8. The molecular formula is C17H26Cl2SiZr. The number of rotatable bonds is 2. The van der Waals surface area contributed by atoms with Crippen LogP contribution in [0.3, 0.4) is 0 Å². The Morgan fingerprint density at radius 3 is 2.43 bits per heavy atom. The van der Waals surface area contributed by atoms with E-state index in [1.54, 1.807) is 5.56 Å². The number of hydrogen-bond donors (Lipinski definition) is 0. The van der Waals surface area contributed by atoms with Gasteiger partial charge in [-0.15, -0.1) is 24.8 Å². The van der Waals surface area contributed by atoms with E-state index in [2.05, 4.69) is 59.3 Å². The zero-order valence-corrected chi connectivity index (χ0v) is 19.4. The van der Waals surface area contributed by atoms with E-state index < -0.39 is 19.4 Å². The van der Waals surface area contributed by atoms with Crippen LogP contribution in [0, 0.1) is 0 Å². The van der Waals surface area contributed by atoms with Gasteiger partial charge in [0.05, 0.1) is 0 Å². The van der Waals surface area contributed by atoms with Gasteiger partial charge in [0, 0.05) is 0 Å². The summed E-state index contributed by atoms with van der Waals surface area (Å²) in [4.78, 5) is 0. The molecule has 0 saturated carbocycles. The van der Waals surface area contributed by atoms with E-state index in [-0.39, 0.29) is 24.8 Å². The van der Waals surface area contributed by atoms with Gasteiger partial charge in [-0.05, 0) is 0 Å². The van der Waals surface area contributed by atoms with Crippen LogP contribution in [0.1, 0.15) is 35.0 Å². The normalized spacial score (nSPS) is 20.3. The first-order valence-electron chi connectivity index (χ1n) is 7.33. The molecule has 0 saturated heterocycles. The van der Waals surface area contributed by atoms with Gasteiger partial charge in [0.1, 0.15) is 0 Å². The summed E-state index contributed by atoms with van der Waals surface area (Å²) < 4.78 is 5.24. The van der Waals surface area contributed by atoms with E-state index >= 15 is 0 Å². The van der Waals surface area contributed by atoms with Crippen LogP contribution in [-0.4, -0.2) is 7.37 Å². The molecular weight excluding hydrogens is 394 g/mol. The second-order valence-corrected chi connectivity index (χ2v) is 29.4. The second-order valence-electron chi connectivity index (χ2n) is 5.51. The van der Waals surface area contributed by atoms with Gasteiger partial charge in [0.2, 0.25) is 0 Å². The van der Waals surface area contributed by atoms with E-state index in [4.69, 9.17) is 0 Å². The van der Waals surface area contributed by atoms with Gasteiger partial charge in [0.25, 0.3) is 0 Å². The van der Waals surface area contributed by atoms with Crippen LogP contribution in [0.4, 0.5) is 0 Å².